The van der Waals surface area contributed by atoms with E-state index in [2.05, 4.69) is 43.8 Å². The maximum absolute atomic E-state index is 4.41. The largest absolute Gasteiger partial charge is 0.343 e. The van der Waals surface area contributed by atoms with Crippen molar-refractivity contribution in [1.29, 1.82) is 0 Å². The van der Waals surface area contributed by atoms with Gasteiger partial charge < -0.3 is 4.98 Å². The average Bonchev–Trinajstić information content (AvgIpc) is 3.16. The summed E-state index contributed by atoms with van der Waals surface area (Å²) in [4.78, 5) is 10.5. The Morgan fingerprint density at radius 1 is 1.38 bits per heavy atom. The monoisotopic (exact) mass is 297 g/mol. The molecule has 3 aromatic rings. The number of aromatic nitrogens is 2. The van der Waals surface area contributed by atoms with Gasteiger partial charge in [-0.15, -0.1) is 0 Å². The zero-order chi connectivity index (χ0) is 14.1. The lowest BCUT2D eigenvalue weighted by Gasteiger charge is -2.32. The van der Waals surface area contributed by atoms with Crippen molar-refractivity contribution in [2.75, 3.05) is 13.1 Å². The van der Waals surface area contributed by atoms with Crippen LogP contribution in [0.25, 0.3) is 11.0 Å². The van der Waals surface area contributed by atoms with Crippen LogP contribution in [0.3, 0.4) is 0 Å². The molecule has 1 aliphatic heterocycles. The third-order valence-electron chi connectivity index (χ3n) is 4.34. The first kappa shape index (κ1) is 13.0. The second-order valence-electron chi connectivity index (χ2n) is 5.87. The molecule has 1 saturated heterocycles. The Morgan fingerprint density at radius 3 is 3.24 bits per heavy atom. The molecule has 1 fully saturated rings. The molecular formula is C17H19N3S. The van der Waals surface area contributed by atoms with Crippen molar-refractivity contribution in [2.45, 2.75) is 25.3 Å². The molecule has 1 atom stereocenters. The molecular weight excluding hydrogens is 278 g/mol. The zero-order valence-corrected chi connectivity index (χ0v) is 12.8. The van der Waals surface area contributed by atoms with E-state index in [4.69, 9.17) is 0 Å². The lowest BCUT2D eigenvalue weighted by Crippen LogP contribution is -2.33. The molecule has 0 aromatic carbocycles. The number of nitrogens with one attached hydrogen (secondary N) is 1. The van der Waals surface area contributed by atoms with Gasteiger partial charge in [0.15, 0.2) is 0 Å². The molecule has 1 N–H and O–H groups in total. The molecule has 3 aromatic heterocycles. The van der Waals surface area contributed by atoms with Gasteiger partial charge in [-0.05, 0) is 60.0 Å². The number of rotatable bonds is 3. The number of hydrogen-bond donors (Lipinski definition) is 1. The van der Waals surface area contributed by atoms with Gasteiger partial charge in [0.2, 0.25) is 0 Å². The summed E-state index contributed by atoms with van der Waals surface area (Å²) in [5.41, 5.74) is 3.81. The maximum atomic E-state index is 4.41. The van der Waals surface area contributed by atoms with Crippen LogP contribution < -0.4 is 0 Å². The van der Waals surface area contributed by atoms with Gasteiger partial charge in [0, 0.05) is 36.3 Å². The van der Waals surface area contributed by atoms with E-state index < -0.39 is 0 Å². The Kier molecular flexibility index (Phi) is 3.49. The highest BCUT2D eigenvalue weighted by Gasteiger charge is 2.22. The standard InChI is InChI=1S/C17H19N3S/c1-3-14-9-16(19-17(14)18-6-1)15-4-2-7-20(11-15)10-13-5-8-21-12-13/h1,3,5-6,8-9,12,15H,2,4,7,10-11H2,(H,18,19)/t15-/m1/s1. The summed E-state index contributed by atoms with van der Waals surface area (Å²) in [5.74, 6) is 0.603. The van der Waals surface area contributed by atoms with Crippen LogP contribution in [0.5, 0.6) is 0 Å². The van der Waals surface area contributed by atoms with E-state index in [1.54, 1.807) is 11.3 Å². The molecule has 108 valence electrons. The Bertz CT molecular complexity index is 684. The van der Waals surface area contributed by atoms with Crippen LogP contribution in [0.15, 0.2) is 41.2 Å². The molecule has 0 aliphatic carbocycles. The second kappa shape index (κ2) is 5.62. The Labute approximate surface area is 128 Å². The van der Waals surface area contributed by atoms with Gasteiger partial charge >= 0.3 is 0 Å². The van der Waals surface area contributed by atoms with Gasteiger partial charge in [-0.1, -0.05) is 0 Å². The Hall–Kier alpha value is -1.65. The number of aromatic amines is 1. The van der Waals surface area contributed by atoms with Crippen molar-refractivity contribution in [3.63, 3.8) is 0 Å². The topological polar surface area (TPSA) is 31.9 Å². The van der Waals surface area contributed by atoms with Crippen LogP contribution in [0.2, 0.25) is 0 Å². The normalized spacial score (nSPS) is 20.1. The number of pyridine rings is 1. The molecule has 4 rings (SSSR count). The van der Waals surface area contributed by atoms with Gasteiger partial charge in [-0.2, -0.15) is 11.3 Å². The van der Waals surface area contributed by atoms with Gasteiger partial charge in [0.25, 0.3) is 0 Å². The number of thiophene rings is 1. The van der Waals surface area contributed by atoms with Crippen molar-refractivity contribution in [1.82, 2.24) is 14.9 Å². The number of piperidine rings is 1. The van der Waals surface area contributed by atoms with Crippen LogP contribution in [0.4, 0.5) is 0 Å². The first-order valence-electron chi connectivity index (χ1n) is 7.55. The predicted octanol–water partition coefficient (Wildman–Crippen LogP) is 4.00. The third-order valence-corrected chi connectivity index (χ3v) is 5.08. The molecule has 4 heteroatoms. The van der Waals surface area contributed by atoms with Crippen LogP contribution in [0.1, 0.15) is 30.0 Å². The number of H-pyrrole nitrogens is 1. The highest BCUT2D eigenvalue weighted by atomic mass is 32.1. The molecule has 1 aliphatic rings. The summed E-state index contributed by atoms with van der Waals surface area (Å²) in [6.07, 6.45) is 4.40. The average molecular weight is 297 g/mol. The van der Waals surface area contributed by atoms with Crippen molar-refractivity contribution in [3.8, 4) is 0 Å². The highest BCUT2D eigenvalue weighted by Crippen LogP contribution is 2.29. The fourth-order valence-corrected chi connectivity index (χ4v) is 3.95. The number of likely N-dealkylation sites (tertiary alicyclic amines) is 1. The van der Waals surface area contributed by atoms with Crippen molar-refractivity contribution >= 4 is 22.4 Å². The number of fused-ring (bicyclic) bond motifs is 1. The fourth-order valence-electron chi connectivity index (χ4n) is 3.29. The first-order valence-corrected chi connectivity index (χ1v) is 8.50. The van der Waals surface area contributed by atoms with E-state index in [1.807, 2.05) is 12.3 Å². The molecule has 0 radical (unpaired) electrons. The SMILES string of the molecule is c1cnc2[nH]c([C@@H]3CCCN(Cc4ccsc4)C3)cc2c1. The predicted molar refractivity (Wildman–Crippen MR) is 87.7 cm³/mol. The summed E-state index contributed by atoms with van der Waals surface area (Å²) in [7, 11) is 0. The van der Waals surface area contributed by atoms with E-state index in [9.17, 15) is 0 Å². The molecule has 21 heavy (non-hydrogen) atoms. The first-order chi connectivity index (χ1) is 10.4. The summed E-state index contributed by atoms with van der Waals surface area (Å²) >= 11 is 1.79. The minimum Gasteiger partial charge on any atom is -0.343 e. The number of hydrogen-bond acceptors (Lipinski definition) is 3. The van der Waals surface area contributed by atoms with Gasteiger partial charge in [0.05, 0.1) is 0 Å². The molecule has 3 nitrogen and oxygen atoms in total. The van der Waals surface area contributed by atoms with Gasteiger partial charge in [-0.3, -0.25) is 4.90 Å². The van der Waals surface area contributed by atoms with E-state index in [0.29, 0.717) is 5.92 Å². The Balaban J connectivity index is 1.52. The minimum absolute atomic E-state index is 0.603. The minimum atomic E-state index is 0.603. The van der Waals surface area contributed by atoms with E-state index in [1.165, 1.54) is 36.0 Å². The summed E-state index contributed by atoms with van der Waals surface area (Å²) in [6, 6.07) is 8.65. The van der Waals surface area contributed by atoms with Crippen molar-refractivity contribution in [2.24, 2.45) is 0 Å². The summed E-state index contributed by atoms with van der Waals surface area (Å²) in [6.45, 7) is 3.44. The molecule has 0 amide bonds. The lowest BCUT2D eigenvalue weighted by atomic mass is 9.94. The van der Waals surface area contributed by atoms with Gasteiger partial charge in [-0.25, -0.2) is 4.98 Å². The van der Waals surface area contributed by atoms with Crippen molar-refractivity contribution in [3.05, 3.63) is 52.5 Å². The smallest absolute Gasteiger partial charge is 0.137 e. The molecule has 4 heterocycles. The van der Waals surface area contributed by atoms with E-state index >= 15 is 0 Å². The molecule has 0 spiro atoms. The van der Waals surface area contributed by atoms with Crippen LogP contribution in [0, 0.1) is 0 Å². The van der Waals surface area contributed by atoms with E-state index in [0.717, 1.165) is 18.7 Å². The lowest BCUT2D eigenvalue weighted by molar-refractivity contribution is 0.199. The molecule has 0 saturated carbocycles. The highest BCUT2D eigenvalue weighted by molar-refractivity contribution is 7.07. The van der Waals surface area contributed by atoms with Gasteiger partial charge in [0.1, 0.15) is 5.65 Å². The maximum Gasteiger partial charge on any atom is 0.137 e. The van der Waals surface area contributed by atoms with Crippen LogP contribution in [-0.4, -0.2) is 28.0 Å². The molecule has 0 unspecified atom stereocenters. The third kappa shape index (κ3) is 2.74. The summed E-state index contributed by atoms with van der Waals surface area (Å²) < 4.78 is 0. The second-order valence-corrected chi connectivity index (χ2v) is 6.65. The van der Waals surface area contributed by atoms with Crippen molar-refractivity contribution < 1.29 is 0 Å². The number of nitrogens with zero attached hydrogens (tertiary/aromatic N) is 2. The van der Waals surface area contributed by atoms with E-state index in [-0.39, 0.29) is 0 Å². The Morgan fingerprint density at radius 2 is 2.38 bits per heavy atom. The fraction of sp³-hybridized carbons (Fsp3) is 0.353. The summed E-state index contributed by atoms with van der Waals surface area (Å²) in [5, 5.41) is 5.65. The molecule has 0 bridgehead atoms. The quantitative estimate of drug-likeness (QED) is 0.792. The zero-order valence-electron chi connectivity index (χ0n) is 12.0. The van der Waals surface area contributed by atoms with Crippen LogP contribution in [-0.2, 0) is 6.54 Å². The van der Waals surface area contributed by atoms with Crippen LogP contribution >= 0.6 is 11.3 Å².